The van der Waals surface area contributed by atoms with Crippen molar-refractivity contribution < 1.29 is 10.0 Å². The lowest BCUT2D eigenvalue weighted by Crippen LogP contribution is -2.22. The summed E-state index contributed by atoms with van der Waals surface area (Å²) in [6.45, 7) is 3.84. The third-order valence-electron chi connectivity index (χ3n) is 2.61. The molecular formula is C8H11Cl2NO2. The topological polar surface area (TPSA) is 49.3 Å². The predicted octanol–water partition coefficient (Wildman–Crippen LogP) is 2.08. The van der Waals surface area contributed by atoms with E-state index in [1.165, 1.54) is 0 Å². The minimum atomic E-state index is -0.388. The molecule has 0 radical (unpaired) electrons. The molecule has 2 N–H and O–H groups in total. The molecule has 1 fully saturated rings. The van der Waals surface area contributed by atoms with Crippen molar-refractivity contribution in [2.75, 3.05) is 0 Å². The number of amides is 1. The average molecular weight is 224 g/mol. The summed E-state index contributed by atoms with van der Waals surface area (Å²) < 4.78 is 0.159. The van der Waals surface area contributed by atoms with Gasteiger partial charge in [0.25, 0.3) is 0 Å². The minimum absolute atomic E-state index is 0.00431. The van der Waals surface area contributed by atoms with Gasteiger partial charge < -0.3 is 0 Å². The van der Waals surface area contributed by atoms with Crippen LogP contribution < -0.4 is 5.48 Å². The lowest BCUT2D eigenvalue weighted by atomic mass is 10.1. The smallest absolute Gasteiger partial charge is 0.247 e. The lowest BCUT2D eigenvalue weighted by Gasteiger charge is -1.98. The zero-order chi connectivity index (χ0) is 10.2. The van der Waals surface area contributed by atoms with Gasteiger partial charge in [0.05, 0.1) is 5.92 Å². The summed E-state index contributed by atoms with van der Waals surface area (Å²) in [5.41, 5.74) is 1.45. The van der Waals surface area contributed by atoms with Crippen LogP contribution in [0, 0.1) is 17.3 Å². The molecule has 1 amide bonds. The first-order chi connectivity index (χ1) is 5.91. The number of nitrogens with one attached hydrogen (secondary N) is 1. The van der Waals surface area contributed by atoms with Gasteiger partial charge in [-0.1, -0.05) is 37.0 Å². The van der Waals surface area contributed by atoms with Gasteiger partial charge in [0, 0.05) is 0 Å². The van der Waals surface area contributed by atoms with Crippen LogP contribution in [-0.2, 0) is 4.79 Å². The van der Waals surface area contributed by atoms with Crippen LogP contribution in [0.2, 0.25) is 0 Å². The maximum atomic E-state index is 11.1. The Kier molecular flexibility index (Phi) is 2.90. The summed E-state index contributed by atoms with van der Waals surface area (Å²) in [7, 11) is 0. The van der Waals surface area contributed by atoms with Gasteiger partial charge in [-0.2, -0.15) is 0 Å². The van der Waals surface area contributed by atoms with Crippen molar-refractivity contribution in [2.24, 2.45) is 17.3 Å². The molecule has 0 saturated heterocycles. The van der Waals surface area contributed by atoms with E-state index < -0.39 is 0 Å². The highest BCUT2D eigenvalue weighted by Crippen LogP contribution is 2.59. The molecule has 1 aliphatic rings. The second-order valence-electron chi connectivity index (χ2n) is 3.76. The van der Waals surface area contributed by atoms with Crippen molar-refractivity contribution in [3.63, 3.8) is 0 Å². The Hall–Kier alpha value is -0.250. The highest BCUT2D eigenvalue weighted by atomic mass is 35.5. The molecule has 0 heterocycles. The molecule has 1 saturated carbocycles. The van der Waals surface area contributed by atoms with Crippen molar-refractivity contribution in [1.29, 1.82) is 0 Å². The number of rotatable bonds is 2. The monoisotopic (exact) mass is 223 g/mol. The van der Waals surface area contributed by atoms with Gasteiger partial charge in [-0.25, -0.2) is 5.48 Å². The van der Waals surface area contributed by atoms with E-state index in [9.17, 15) is 4.79 Å². The molecule has 2 unspecified atom stereocenters. The lowest BCUT2D eigenvalue weighted by molar-refractivity contribution is -0.131. The molecule has 5 heteroatoms. The van der Waals surface area contributed by atoms with E-state index in [4.69, 9.17) is 28.4 Å². The predicted molar refractivity (Wildman–Crippen MR) is 50.5 cm³/mol. The summed E-state index contributed by atoms with van der Waals surface area (Å²) in [5.74, 6) is -0.629. The largest absolute Gasteiger partial charge is 0.289 e. The molecule has 0 aromatic heterocycles. The van der Waals surface area contributed by atoms with Crippen LogP contribution in [0.1, 0.15) is 13.8 Å². The van der Waals surface area contributed by atoms with E-state index in [2.05, 4.69) is 0 Å². The molecule has 0 aromatic carbocycles. The number of halogens is 2. The Balaban J connectivity index is 2.72. The molecule has 1 rings (SSSR count). The van der Waals surface area contributed by atoms with Crippen LogP contribution in [0.25, 0.3) is 0 Å². The van der Waals surface area contributed by atoms with Crippen molar-refractivity contribution in [1.82, 2.24) is 5.48 Å². The Morgan fingerprint density at radius 2 is 2.08 bits per heavy atom. The first-order valence-electron chi connectivity index (χ1n) is 3.88. The van der Waals surface area contributed by atoms with E-state index in [0.717, 1.165) is 0 Å². The van der Waals surface area contributed by atoms with E-state index in [1.54, 1.807) is 11.6 Å². The normalized spacial score (nSPS) is 29.3. The standard InChI is InChI=1S/C8H11Cl2NO2/c1-8(2)4(3-5(9)10)6(8)7(12)11-13/h3-4,6,13H,1-2H3,(H,11,12). The zero-order valence-corrected chi connectivity index (χ0v) is 8.86. The maximum Gasteiger partial charge on any atom is 0.247 e. The van der Waals surface area contributed by atoms with Crippen LogP contribution in [-0.4, -0.2) is 11.1 Å². The first kappa shape index (κ1) is 10.8. The number of hydroxylamine groups is 1. The highest BCUT2D eigenvalue weighted by molar-refractivity contribution is 6.55. The van der Waals surface area contributed by atoms with Crippen LogP contribution in [0.15, 0.2) is 10.6 Å². The van der Waals surface area contributed by atoms with Gasteiger partial charge in [0.1, 0.15) is 4.49 Å². The molecule has 0 aliphatic heterocycles. The molecule has 13 heavy (non-hydrogen) atoms. The van der Waals surface area contributed by atoms with E-state index in [-0.39, 0.29) is 27.6 Å². The number of carbonyl (C=O) groups is 1. The van der Waals surface area contributed by atoms with Crippen LogP contribution in [0.4, 0.5) is 0 Å². The fourth-order valence-corrected chi connectivity index (χ4v) is 1.97. The molecule has 2 atom stereocenters. The molecule has 1 aliphatic carbocycles. The number of hydrogen-bond donors (Lipinski definition) is 2. The molecule has 74 valence electrons. The van der Waals surface area contributed by atoms with Gasteiger partial charge in [-0.15, -0.1) is 0 Å². The van der Waals surface area contributed by atoms with Gasteiger partial charge >= 0.3 is 0 Å². The Labute approximate surface area is 86.7 Å². The number of allylic oxidation sites excluding steroid dienone is 1. The fraction of sp³-hybridized carbons (Fsp3) is 0.625. The second-order valence-corrected chi connectivity index (χ2v) is 4.77. The summed E-state index contributed by atoms with van der Waals surface area (Å²) in [4.78, 5) is 11.1. The first-order valence-corrected chi connectivity index (χ1v) is 4.63. The van der Waals surface area contributed by atoms with E-state index in [0.29, 0.717) is 0 Å². The Morgan fingerprint density at radius 3 is 2.46 bits per heavy atom. The van der Waals surface area contributed by atoms with Gasteiger partial charge in [-0.05, 0) is 17.4 Å². The van der Waals surface area contributed by atoms with Gasteiger partial charge in [0.2, 0.25) is 5.91 Å². The summed E-state index contributed by atoms with van der Waals surface area (Å²) in [6.07, 6.45) is 1.63. The summed E-state index contributed by atoms with van der Waals surface area (Å²) in [5, 5.41) is 8.44. The van der Waals surface area contributed by atoms with Crippen LogP contribution in [0.3, 0.4) is 0 Å². The maximum absolute atomic E-state index is 11.1. The average Bonchev–Trinajstić information content (AvgIpc) is 2.51. The summed E-state index contributed by atoms with van der Waals surface area (Å²) in [6, 6.07) is 0. The quantitative estimate of drug-likeness (QED) is 0.557. The Bertz CT molecular complexity index is 259. The van der Waals surface area contributed by atoms with E-state index >= 15 is 0 Å². The van der Waals surface area contributed by atoms with Crippen molar-refractivity contribution in [3.05, 3.63) is 10.6 Å². The van der Waals surface area contributed by atoms with Crippen LogP contribution in [0.5, 0.6) is 0 Å². The molecule has 0 bridgehead atoms. The summed E-state index contributed by atoms with van der Waals surface area (Å²) >= 11 is 11.0. The highest BCUT2D eigenvalue weighted by Gasteiger charge is 2.60. The minimum Gasteiger partial charge on any atom is -0.289 e. The Morgan fingerprint density at radius 1 is 1.54 bits per heavy atom. The van der Waals surface area contributed by atoms with Crippen molar-refractivity contribution in [2.45, 2.75) is 13.8 Å². The third-order valence-corrected chi connectivity index (χ3v) is 2.86. The second kappa shape index (κ2) is 3.48. The molecular weight excluding hydrogens is 213 g/mol. The van der Waals surface area contributed by atoms with Gasteiger partial charge in [-0.3, -0.25) is 10.0 Å². The fourth-order valence-electron chi connectivity index (χ4n) is 1.69. The van der Waals surface area contributed by atoms with Crippen molar-refractivity contribution in [3.8, 4) is 0 Å². The molecule has 0 aromatic rings. The number of hydrogen-bond acceptors (Lipinski definition) is 2. The molecule has 0 spiro atoms. The SMILES string of the molecule is CC1(C)C(C=C(Cl)Cl)C1C(=O)NO. The van der Waals surface area contributed by atoms with E-state index in [1.807, 2.05) is 13.8 Å². The number of carbonyl (C=O) groups excluding carboxylic acids is 1. The molecule has 3 nitrogen and oxygen atoms in total. The third kappa shape index (κ3) is 1.98. The van der Waals surface area contributed by atoms with Crippen molar-refractivity contribution >= 4 is 29.1 Å². The van der Waals surface area contributed by atoms with Gasteiger partial charge in [0.15, 0.2) is 0 Å². The zero-order valence-electron chi connectivity index (χ0n) is 7.34. The van der Waals surface area contributed by atoms with Crippen LogP contribution >= 0.6 is 23.2 Å².